The zero-order valence-electron chi connectivity index (χ0n) is 21.5. The molecule has 3 N–H and O–H groups in total. The topological polar surface area (TPSA) is 125 Å². The van der Waals surface area contributed by atoms with E-state index in [4.69, 9.17) is 32.7 Å². The van der Waals surface area contributed by atoms with Gasteiger partial charge in [-0.25, -0.2) is 0 Å². The van der Waals surface area contributed by atoms with E-state index in [1.54, 1.807) is 30.3 Å². The number of fused-ring (bicyclic) bond motifs is 3. The van der Waals surface area contributed by atoms with Gasteiger partial charge in [0.2, 0.25) is 11.8 Å². The number of halogens is 2. The minimum Gasteiger partial charge on any atom is -0.493 e. The van der Waals surface area contributed by atoms with Crippen LogP contribution in [-0.4, -0.2) is 71.7 Å². The van der Waals surface area contributed by atoms with Gasteiger partial charge < -0.3 is 29.9 Å². The first-order valence-electron chi connectivity index (χ1n) is 12.6. The number of amides is 2. The molecular formula is C28H30Cl2N2O7. The molecule has 4 atom stereocenters. The van der Waals surface area contributed by atoms with Gasteiger partial charge in [-0.15, -0.1) is 0 Å². The number of aliphatic hydroxyl groups excluding tert-OH is 2. The summed E-state index contributed by atoms with van der Waals surface area (Å²) >= 11 is 12.5. The van der Waals surface area contributed by atoms with Gasteiger partial charge in [0, 0.05) is 46.3 Å². The van der Waals surface area contributed by atoms with Gasteiger partial charge in [0.15, 0.2) is 11.5 Å². The number of hydrogen-bond acceptors (Lipinski definition) is 7. The molecule has 208 valence electrons. The maximum atomic E-state index is 13.4. The second kappa shape index (κ2) is 12.4. The number of nitrogens with zero attached hydrogens (tertiary/aromatic N) is 1. The number of carbonyl (C=O) groups is 3. The normalized spacial score (nSPS) is 21.2. The molecule has 2 aromatic carbocycles. The molecule has 0 bridgehead atoms. The number of aldehydes is 1. The van der Waals surface area contributed by atoms with Crippen molar-refractivity contribution in [2.45, 2.75) is 50.5 Å². The summed E-state index contributed by atoms with van der Waals surface area (Å²) in [7, 11) is 1.43. The number of rotatable bonds is 10. The van der Waals surface area contributed by atoms with Crippen LogP contribution in [0.1, 0.15) is 47.2 Å². The summed E-state index contributed by atoms with van der Waals surface area (Å²) in [5.41, 5.74) is 1.69. The molecule has 0 fully saturated rings. The molecule has 11 heteroatoms. The lowest BCUT2D eigenvalue weighted by Gasteiger charge is -2.41. The van der Waals surface area contributed by atoms with Gasteiger partial charge >= 0.3 is 0 Å². The highest BCUT2D eigenvalue weighted by atomic mass is 35.5. The molecule has 1 aliphatic heterocycles. The van der Waals surface area contributed by atoms with Crippen LogP contribution in [-0.2, 0) is 16.1 Å². The molecule has 39 heavy (non-hydrogen) atoms. The average molecular weight is 577 g/mol. The molecule has 0 saturated carbocycles. The predicted octanol–water partition coefficient (Wildman–Crippen LogP) is 3.27. The highest BCUT2D eigenvalue weighted by Crippen LogP contribution is 2.51. The Bertz CT molecular complexity index is 1300. The van der Waals surface area contributed by atoms with Crippen molar-refractivity contribution in [3.05, 3.63) is 68.7 Å². The van der Waals surface area contributed by atoms with Gasteiger partial charge in [-0.2, -0.15) is 0 Å². The van der Waals surface area contributed by atoms with Crippen LogP contribution in [0.5, 0.6) is 11.5 Å². The quantitative estimate of drug-likeness (QED) is 0.370. The maximum Gasteiger partial charge on any atom is 0.247 e. The van der Waals surface area contributed by atoms with Gasteiger partial charge in [0.1, 0.15) is 18.5 Å². The molecule has 0 spiro atoms. The van der Waals surface area contributed by atoms with E-state index in [2.05, 4.69) is 5.32 Å². The molecule has 1 aliphatic carbocycles. The fourth-order valence-electron chi connectivity index (χ4n) is 5.11. The first-order chi connectivity index (χ1) is 18.7. The molecular weight excluding hydrogens is 547 g/mol. The molecule has 0 aromatic heterocycles. The highest BCUT2D eigenvalue weighted by molar-refractivity contribution is 6.35. The number of hydrogen-bond donors (Lipinski definition) is 3. The first-order valence-corrected chi connectivity index (χ1v) is 13.4. The van der Waals surface area contributed by atoms with Crippen LogP contribution in [0.2, 0.25) is 10.0 Å². The minimum atomic E-state index is -1.24. The Balaban J connectivity index is 1.83. The summed E-state index contributed by atoms with van der Waals surface area (Å²) in [6.45, 7) is 1.66. The van der Waals surface area contributed by atoms with Gasteiger partial charge in [-0.1, -0.05) is 36.2 Å². The third-order valence-corrected chi connectivity index (χ3v) is 7.50. The largest absolute Gasteiger partial charge is 0.493 e. The van der Waals surface area contributed by atoms with E-state index in [1.165, 1.54) is 18.1 Å². The Labute approximate surface area is 236 Å². The summed E-state index contributed by atoms with van der Waals surface area (Å²) in [6, 6.07) is 7.12. The number of benzene rings is 2. The average Bonchev–Trinajstić information content (AvgIpc) is 3.31. The summed E-state index contributed by atoms with van der Waals surface area (Å²) in [5.74, 6) is -0.884. The fourth-order valence-corrected chi connectivity index (χ4v) is 5.58. The molecule has 0 saturated heterocycles. The van der Waals surface area contributed by atoms with Crippen molar-refractivity contribution in [2.75, 3.05) is 20.3 Å². The number of aliphatic hydroxyl groups is 2. The molecule has 2 amide bonds. The third kappa shape index (κ3) is 5.77. The van der Waals surface area contributed by atoms with Crippen molar-refractivity contribution < 1.29 is 34.1 Å². The van der Waals surface area contributed by atoms with Gasteiger partial charge in [-0.05, 0) is 42.3 Å². The van der Waals surface area contributed by atoms with Gasteiger partial charge in [0.25, 0.3) is 0 Å². The standard InChI is InChI=1S/C28H30Cl2N2O7/c1-3-4-23(35)32(13-16-5-6-17(29)11-20(16)30)21-12-19(28(37)31-7-8-33)24-18-9-15(14-34)10-22(38-2)26(18)39-27(24)25(21)36/h5-6,9-12,14,21,24-25,27,33,36H,3-4,7-8,13H2,1-2H3,(H,31,37). The Morgan fingerprint density at radius 1 is 1.23 bits per heavy atom. The minimum absolute atomic E-state index is 0.00502. The van der Waals surface area contributed by atoms with E-state index in [9.17, 15) is 24.6 Å². The van der Waals surface area contributed by atoms with Crippen LogP contribution in [0.25, 0.3) is 0 Å². The smallest absolute Gasteiger partial charge is 0.247 e. The Kier molecular flexibility index (Phi) is 9.17. The Morgan fingerprint density at radius 2 is 2.00 bits per heavy atom. The Hall–Kier alpha value is -3.11. The molecule has 4 unspecified atom stereocenters. The molecule has 2 aromatic rings. The molecule has 0 radical (unpaired) electrons. The molecule has 1 heterocycles. The number of nitrogens with one attached hydrogen (secondary N) is 1. The van der Waals surface area contributed by atoms with Crippen molar-refractivity contribution in [3.8, 4) is 11.5 Å². The molecule has 2 aliphatic rings. The zero-order chi connectivity index (χ0) is 28.3. The molecule has 9 nitrogen and oxygen atoms in total. The van der Waals surface area contributed by atoms with Crippen molar-refractivity contribution in [3.63, 3.8) is 0 Å². The lowest BCUT2D eigenvalue weighted by Crippen LogP contribution is -2.55. The lowest BCUT2D eigenvalue weighted by atomic mass is 9.77. The van der Waals surface area contributed by atoms with Crippen molar-refractivity contribution >= 4 is 41.3 Å². The summed E-state index contributed by atoms with van der Waals surface area (Å²) < 4.78 is 11.6. The van der Waals surface area contributed by atoms with Crippen LogP contribution in [0.15, 0.2) is 42.0 Å². The van der Waals surface area contributed by atoms with E-state index < -0.39 is 30.1 Å². The number of ether oxygens (including phenoxy) is 2. The number of methoxy groups -OCH3 is 1. The van der Waals surface area contributed by atoms with E-state index >= 15 is 0 Å². The van der Waals surface area contributed by atoms with Crippen molar-refractivity contribution in [2.24, 2.45) is 0 Å². The highest BCUT2D eigenvalue weighted by Gasteiger charge is 2.51. The number of carbonyl (C=O) groups excluding carboxylic acids is 3. The molecule has 4 rings (SSSR count). The van der Waals surface area contributed by atoms with Crippen molar-refractivity contribution in [1.29, 1.82) is 0 Å². The fraction of sp³-hybridized carbons (Fsp3) is 0.393. The second-order valence-electron chi connectivity index (χ2n) is 9.41. The van der Waals surface area contributed by atoms with Crippen LogP contribution >= 0.6 is 23.2 Å². The van der Waals surface area contributed by atoms with Crippen LogP contribution in [0.3, 0.4) is 0 Å². The third-order valence-electron chi connectivity index (χ3n) is 6.91. The van der Waals surface area contributed by atoms with Crippen molar-refractivity contribution in [1.82, 2.24) is 10.2 Å². The predicted molar refractivity (Wildman–Crippen MR) is 145 cm³/mol. The summed E-state index contributed by atoms with van der Waals surface area (Å²) in [6.07, 6.45) is 0.800. The first kappa shape index (κ1) is 28.9. The second-order valence-corrected chi connectivity index (χ2v) is 10.3. The van der Waals surface area contributed by atoms with E-state index in [1.807, 2.05) is 6.92 Å². The Morgan fingerprint density at radius 3 is 2.64 bits per heavy atom. The van der Waals surface area contributed by atoms with Crippen LogP contribution in [0, 0.1) is 0 Å². The van der Waals surface area contributed by atoms with E-state index in [-0.39, 0.29) is 43.3 Å². The lowest BCUT2D eigenvalue weighted by molar-refractivity contribution is -0.138. The van der Waals surface area contributed by atoms with E-state index in [0.29, 0.717) is 45.2 Å². The maximum absolute atomic E-state index is 13.4. The summed E-state index contributed by atoms with van der Waals surface area (Å²) in [4.78, 5) is 39.9. The SMILES string of the molecule is CCCC(=O)N(Cc1ccc(Cl)cc1Cl)C1C=C(C(=O)NCCO)C2c3cc(C=O)cc(OC)c3OC2C1O. The van der Waals surface area contributed by atoms with Gasteiger partial charge in [0.05, 0.1) is 25.7 Å². The van der Waals surface area contributed by atoms with Crippen LogP contribution in [0.4, 0.5) is 0 Å². The van der Waals surface area contributed by atoms with E-state index in [0.717, 1.165) is 0 Å². The zero-order valence-corrected chi connectivity index (χ0v) is 23.0. The monoisotopic (exact) mass is 576 g/mol. The van der Waals surface area contributed by atoms with Gasteiger partial charge in [-0.3, -0.25) is 14.4 Å². The summed E-state index contributed by atoms with van der Waals surface area (Å²) in [5, 5.41) is 24.4. The van der Waals surface area contributed by atoms with Crippen LogP contribution < -0.4 is 14.8 Å².